The van der Waals surface area contributed by atoms with Crippen molar-refractivity contribution in [2.24, 2.45) is 0 Å². The van der Waals surface area contributed by atoms with E-state index >= 15 is 0 Å². The van der Waals surface area contributed by atoms with Crippen molar-refractivity contribution in [1.29, 1.82) is 0 Å². The van der Waals surface area contributed by atoms with E-state index in [2.05, 4.69) is 81.5 Å². The Balaban J connectivity index is 4.18. The van der Waals surface area contributed by atoms with Crippen molar-refractivity contribution in [3.63, 3.8) is 0 Å². The molecule has 0 fully saturated rings. The number of allylic oxidation sites excluding steroid dienone is 10. The van der Waals surface area contributed by atoms with Gasteiger partial charge in [0.25, 0.3) is 0 Å². The van der Waals surface area contributed by atoms with Crippen molar-refractivity contribution in [3.05, 3.63) is 60.8 Å². The first-order valence-corrected chi connectivity index (χ1v) is 34.8. The standard InChI is InChI=1S/C73H132O6/c1-4-7-10-13-16-19-22-25-27-29-30-31-32-33-34-35-36-37-38-39-40-41-42-44-45-48-51-54-57-60-63-66-72(75)78-69-70(68-77-71(74)65-62-59-56-53-50-47-24-21-18-15-12-9-6-3)79-73(76)67-64-61-58-55-52-49-46-43-28-26-23-20-17-14-11-8-5-2/h21-22,24-26,28-30,32-33,70H,4-20,23,27,31,34-69H2,1-3H3/b24-21-,25-22-,28-26-,30-29-,33-32-. The van der Waals surface area contributed by atoms with E-state index in [1.165, 1.54) is 250 Å². The van der Waals surface area contributed by atoms with E-state index in [1.54, 1.807) is 0 Å². The van der Waals surface area contributed by atoms with Crippen LogP contribution < -0.4 is 0 Å². The number of ether oxygens (including phenoxy) is 3. The van der Waals surface area contributed by atoms with Crippen molar-refractivity contribution < 1.29 is 28.6 Å². The van der Waals surface area contributed by atoms with E-state index in [-0.39, 0.29) is 31.1 Å². The maximum absolute atomic E-state index is 12.9. The first-order chi connectivity index (χ1) is 39.0. The third-order valence-corrected chi connectivity index (χ3v) is 15.5. The van der Waals surface area contributed by atoms with E-state index in [0.29, 0.717) is 19.3 Å². The molecule has 1 atom stereocenters. The average molecular weight is 1110 g/mol. The van der Waals surface area contributed by atoms with Gasteiger partial charge in [0.1, 0.15) is 13.2 Å². The Kier molecular flexibility index (Phi) is 65.1. The van der Waals surface area contributed by atoms with Crippen LogP contribution in [0.2, 0.25) is 0 Å². The molecule has 0 saturated carbocycles. The van der Waals surface area contributed by atoms with Gasteiger partial charge in [-0.1, -0.05) is 300 Å². The Morgan fingerprint density at radius 2 is 0.456 bits per heavy atom. The molecule has 0 heterocycles. The van der Waals surface area contributed by atoms with Crippen LogP contribution >= 0.6 is 0 Å². The molecule has 0 aromatic rings. The van der Waals surface area contributed by atoms with Crippen LogP contribution in [0.5, 0.6) is 0 Å². The summed E-state index contributed by atoms with van der Waals surface area (Å²) in [5, 5.41) is 0. The molecule has 0 radical (unpaired) electrons. The van der Waals surface area contributed by atoms with Crippen LogP contribution in [0.3, 0.4) is 0 Å². The van der Waals surface area contributed by atoms with Crippen molar-refractivity contribution in [3.8, 4) is 0 Å². The summed E-state index contributed by atoms with van der Waals surface area (Å²) in [6, 6.07) is 0. The molecule has 1 unspecified atom stereocenters. The van der Waals surface area contributed by atoms with Crippen molar-refractivity contribution in [2.45, 2.75) is 374 Å². The minimum Gasteiger partial charge on any atom is -0.462 e. The topological polar surface area (TPSA) is 78.9 Å². The van der Waals surface area contributed by atoms with E-state index in [0.717, 1.165) is 77.0 Å². The number of unbranched alkanes of at least 4 members (excludes halogenated alkanes) is 43. The molecule has 6 nitrogen and oxygen atoms in total. The fourth-order valence-corrected chi connectivity index (χ4v) is 10.2. The summed E-state index contributed by atoms with van der Waals surface area (Å²) in [7, 11) is 0. The highest BCUT2D eigenvalue weighted by Crippen LogP contribution is 2.17. The number of esters is 3. The highest BCUT2D eigenvalue weighted by Gasteiger charge is 2.19. The van der Waals surface area contributed by atoms with Crippen LogP contribution in [0.25, 0.3) is 0 Å². The van der Waals surface area contributed by atoms with Gasteiger partial charge in [0.05, 0.1) is 0 Å². The number of hydrogen-bond donors (Lipinski definition) is 0. The fraction of sp³-hybridized carbons (Fsp3) is 0.822. The normalized spacial score (nSPS) is 12.4. The summed E-state index contributed by atoms with van der Waals surface area (Å²) in [4.78, 5) is 38.3. The molecule has 0 aromatic carbocycles. The van der Waals surface area contributed by atoms with Gasteiger partial charge in [0.15, 0.2) is 6.10 Å². The molecule has 0 amide bonds. The van der Waals surface area contributed by atoms with Crippen LogP contribution in [-0.2, 0) is 28.6 Å². The van der Waals surface area contributed by atoms with Gasteiger partial charge in [-0.05, 0) is 109 Å². The largest absolute Gasteiger partial charge is 0.462 e. The third kappa shape index (κ3) is 65.8. The van der Waals surface area contributed by atoms with Crippen LogP contribution in [0.4, 0.5) is 0 Å². The van der Waals surface area contributed by atoms with Gasteiger partial charge in [-0.15, -0.1) is 0 Å². The van der Waals surface area contributed by atoms with Crippen LogP contribution in [0, 0.1) is 0 Å². The minimum absolute atomic E-state index is 0.0753. The van der Waals surface area contributed by atoms with Crippen LogP contribution in [-0.4, -0.2) is 37.2 Å². The van der Waals surface area contributed by atoms with Gasteiger partial charge in [0.2, 0.25) is 0 Å². The number of carbonyl (C=O) groups excluding carboxylic acids is 3. The smallest absolute Gasteiger partial charge is 0.306 e. The lowest BCUT2D eigenvalue weighted by Gasteiger charge is -2.18. The summed E-state index contributed by atoms with van der Waals surface area (Å²) >= 11 is 0. The van der Waals surface area contributed by atoms with E-state index in [1.807, 2.05) is 0 Å². The van der Waals surface area contributed by atoms with Crippen LogP contribution in [0.15, 0.2) is 60.8 Å². The zero-order chi connectivity index (χ0) is 57.1. The second-order valence-electron chi connectivity index (χ2n) is 23.4. The molecule has 0 bridgehead atoms. The van der Waals surface area contributed by atoms with Crippen molar-refractivity contribution in [2.75, 3.05) is 13.2 Å². The zero-order valence-corrected chi connectivity index (χ0v) is 52.9. The Hall–Kier alpha value is -2.89. The highest BCUT2D eigenvalue weighted by molar-refractivity contribution is 5.71. The van der Waals surface area contributed by atoms with Crippen LogP contribution in [0.1, 0.15) is 367 Å². The summed E-state index contributed by atoms with van der Waals surface area (Å²) in [5.74, 6) is -0.869. The van der Waals surface area contributed by atoms with Crippen molar-refractivity contribution >= 4 is 17.9 Å². The molecule has 79 heavy (non-hydrogen) atoms. The van der Waals surface area contributed by atoms with Gasteiger partial charge >= 0.3 is 17.9 Å². The lowest BCUT2D eigenvalue weighted by molar-refractivity contribution is -0.167. The summed E-state index contributed by atoms with van der Waals surface area (Å²) in [6.07, 6.45) is 86.8. The maximum Gasteiger partial charge on any atom is 0.306 e. The minimum atomic E-state index is -0.779. The monoisotopic (exact) mass is 1110 g/mol. The molecule has 0 N–H and O–H groups in total. The van der Waals surface area contributed by atoms with Gasteiger partial charge in [-0.2, -0.15) is 0 Å². The second-order valence-corrected chi connectivity index (χ2v) is 23.4. The van der Waals surface area contributed by atoms with E-state index < -0.39 is 6.10 Å². The molecule has 0 aromatic heterocycles. The van der Waals surface area contributed by atoms with Gasteiger partial charge in [-0.3, -0.25) is 14.4 Å². The summed E-state index contributed by atoms with van der Waals surface area (Å²) in [6.45, 7) is 6.65. The predicted molar refractivity (Wildman–Crippen MR) is 344 cm³/mol. The SMILES string of the molecule is CCCCCC/C=C\CCCCCCCC(=O)OCC(COC(=O)CCCCCCCCCCCCCCCCCC/C=C\C/C=C\C/C=C\CCCCCCC)OC(=O)CCCCCCCCC/C=C\CCCCCCCC. The molecule has 460 valence electrons. The second kappa shape index (κ2) is 67.6. The maximum atomic E-state index is 12.9. The van der Waals surface area contributed by atoms with Gasteiger partial charge in [0, 0.05) is 19.3 Å². The first-order valence-electron chi connectivity index (χ1n) is 34.8. The first kappa shape index (κ1) is 76.1. The molecular weight excluding hydrogens is 973 g/mol. The average Bonchev–Trinajstić information content (AvgIpc) is 3.45. The zero-order valence-electron chi connectivity index (χ0n) is 52.9. The molecule has 0 aliphatic carbocycles. The Bertz CT molecular complexity index is 1410. The molecule has 0 rings (SSSR count). The summed E-state index contributed by atoms with van der Waals surface area (Å²) in [5.41, 5.74) is 0. The summed E-state index contributed by atoms with van der Waals surface area (Å²) < 4.78 is 16.9. The third-order valence-electron chi connectivity index (χ3n) is 15.5. The van der Waals surface area contributed by atoms with Gasteiger partial charge in [-0.25, -0.2) is 0 Å². The Morgan fingerprint density at radius 3 is 0.734 bits per heavy atom. The quantitative estimate of drug-likeness (QED) is 0.0261. The fourth-order valence-electron chi connectivity index (χ4n) is 10.2. The molecule has 0 spiro atoms. The number of carbonyl (C=O) groups is 3. The molecule has 0 aliphatic rings. The van der Waals surface area contributed by atoms with Gasteiger partial charge < -0.3 is 14.2 Å². The molecule has 6 heteroatoms. The highest BCUT2D eigenvalue weighted by atomic mass is 16.6. The molecule has 0 aliphatic heterocycles. The van der Waals surface area contributed by atoms with E-state index in [4.69, 9.17) is 14.2 Å². The molecular formula is C73H132O6. The number of rotatable bonds is 64. The van der Waals surface area contributed by atoms with E-state index in [9.17, 15) is 14.4 Å². The Morgan fingerprint density at radius 1 is 0.253 bits per heavy atom. The van der Waals surface area contributed by atoms with Crippen molar-refractivity contribution in [1.82, 2.24) is 0 Å². The Labute approximate surface area is 491 Å². The number of hydrogen-bond acceptors (Lipinski definition) is 6. The lowest BCUT2D eigenvalue weighted by atomic mass is 10.0. The lowest BCUT2D eigenvalue weighted by Crippen LogP contribution is -2.30. The molecule has 0 saturated heterocycles. The predicted octanol–water partition coefficient (Wildman–Crippen LogP) is 23.9.